The molecule has 0 aromatic heterocycles. The van der Waals surface area contributed by atoms with Crippen molar-refractivity contribution >= 4 is 28.8 Å². The summed E-state index contributed by atoms with van der Waals surface area (Å²) < 4.78 is 0. The summed E-state index contributed by atoms with van der Waals surface area (Å²) in [5.41, 5.74) is 8.11. The SMILES string of the molecule is NC(=S)CN1Cc2ccc(Cl)cc2C1. The molecule has 0 bridgehead atoms. The van der Waals surface area contributed by atoms with Gasteiger partial charge >= 0.3 is 0 Å². The first-order chi connectivity index (χ1) is 6.65. The van der Waals surface area contributed by atoms with Crippen molar-refractivity contribution in [1.82, 2.24) is 4.90 Å². The molecule has 0 spiro atoms. The Hall–Kier alpha value is -0.640. The van der Waals surface area contributed by atoms with E-state index in [9.17, 15) is 0 Å². The quantitative estimate of drug-likeness (QED) is 0.782. The maximum atomic E-state index is 5.91. The van der Waals surface area contributed by atoms with Gasteiger partial charge in [-0.15, -0.1) is 0 Å². The monoisotopic (exact) mass is 226 g/mol. The Morgan fingerprint density at radius 3 is 2.86 bits per heavy atom. The largest absolute Gasteiger partial charge is 0.392 e. The zero-order chi connectivity index (χ0) is 10.1. The molecule has 1 aromatic rings. The van der Waals surface area contributed by atoms with E-state index >= 15 is 0 Å². The summed E-state index contributed by atoms with van der Waals surface area (Å²) >= 11 is 10.8. The van der Waals surface area contributed by atoms with Crippen molar-refractivity contribution in [2.75, 3.05) is 6.54 Å². The second-order valence-electron chi connectivity index (χ2n) is 3.52. The minimum atomic E-state index is 0.545. The molecule has 74 valence electrons. The first kappa shape index (κ1) is 9.90. The third-order valence-electron chi connectivity index (χ3n) is 2.34. The number of hydrogen-bond donors (Lipinski definition) is 1. The molecule has 0 aliphatic carbocycles. The average Bonchev–Trinajstić information content (AvgIpc) is 2.44. The number of rotatable bonds is 2. The van der Waals surface area contributed by atoms with Crippen LogP contribution in [-0.2, 0) is 13.1 Å². The number of halogens is 1. The first-order valence-electron chi connectivity index (χ1n) is 4.43. The molecular weight excluding hydrogens is 216 g/mol. The molecule has 0 saturated carbocycles. The summed E-state index contributed by atoms with van der Waals surface area (Å²) in [6.07, 6.45) is 0. The van der Waals surface area contributed by atoms with Gasteiger partial charge in [0, 0.05) is 24.7 Å². The summed E-state index contributed by atoms with van der Waals surface area (Å²) in [7, 11) is 0. The van der Waals surface area contributed by atoms with Crippen LogP contribution in [0.15, 0.2) is 18.2 Å². The van der Waals surface area contributed by atoms with E-state index < -0.39 is 0 Å². The Bertz CT molecular complexity index is 378. The van der Waals surface area contributed by atoms with E-state index in [0.717, 1.165) is 18.1 Å². The molecule has 0 saturated heterocycles. The molecule has 2 nitrogen and oxygen atoms in total. The highest BCUT2D eigenvalue weighted by molar-refractivity contribution is 7.80. The molecule has 1 aliphatic rings. The van der Waals surface area contributed by atoms with Gasteiger partial charge in [0.1, 0.15) is 0 Å². The summed E-state index contributed by atoms with van der Waals surface area (Å²) in [5.74, 6) is 0. The fourth-order valence-electron chi connectivity index (χ4n) is 1.77. The van der Waals surface area contributed by atoms with Crippen molar-refractivity contribution in [3.63, 3.8) is 0 Å². The van der Waals surface area contributed by atoms with E-state index in [1.165, 1.54) is 11.1 Å². The third-order valence-corrected chi connectivity index (χ3v) is 2.70. The molecule has 0 radical (unpaired) electrons. The number of nitrogens with two attached hydrogens (primary N) is 1. The lowest BCUT2D eigenvalue weighted by atomic mass is 10.1. The van der Waals surface area contributed by atoms with Crippen molar-refractivity contribution in [2.45, 2.75) is 13.1 Å². The molecule has 4 heteroatoms. The summed E-state index contributed by atoms with van der Waals surface area (Å²) in [6.45, 7) is 2.50. The molecule has 2 rings (SSSR count). The summed E-state index contributed by atoms with van der Waals surface area (Å²) in [4.78, 5) is 2.76. The van der Waals surface area contributed by atoms with Crippen LogP contribution in [0.2, 0.25) is 5.02 Å². The van der Waals surface area contributed by atoms with Gasteiger partial charge in [0.05, 0.1) is 4.99 Å². The molecule has 0 unspecified atom stereocenters. The lowest BCUT2D eigenvalue weighted by molar-refractivity contribution is 0.327. The van der Waals surface area contributed by atoms with Gasteiger partial charge in [-0.1, -0.05) is 29.9 Å². The van der Waals surface area contributed by atoms with Crippen LogP contribution in [-0.4, -0.2) is 16.4 Å². The smallest absolute Gasteiger partial charge is 0.0870 e. The van der Waals surface area contributed by atoms with Crippen LogP contribution in [0.1, 0.15) is 11.1 Å². The van der Waals surface area contributed by atoms with Crippen molar-refractivity contribution < 1.29 is 0 Å². The molecule has 0 amide bonds. The predicted molar refractivity (Wildman–Crippen MR) is 62.4 cm³/mol. The zero-order valence-corrected chi connectivity index (χ0v) is 9.24. The lowest BCUT2D eigenvalue weighted by Crippen LogP contribution is -2.28. The fourth-order valence-corrected chi connectivity index (χ4v) is 2.14. The van der Waals surface area contributed by atoms with Crippen LogP contribution in [0.25, 0.3) is 0 Å². The highest BCUT2D eigenvalue weighted by atomic mass is 35.5. The molecule has 2 N–H and O–H groups in total. The van der Waals surface area contributed by atoms with Crippen LogP contribution in [0, 0.1) is 0 Å². The highest BCUT2D eigenvalue weighted by Gasteiger charge is 2.18. The highest BCUT2D eigenvalue weighted by Crippen LogP contribution is 2.25. The van der Waals surface area contributed by atoms with Crippen molar-refractivity contribution in [1.29, 1.82) is 0 Å². The average molecular weight is 227 g/mol. The van der Waals surface area contributed by atoms with E-state index in [1.54, 1.807) is 0 Å². The van der Waals surface area contributed by atoms with Crippen molar-refractivity contribution in [3.8, 4) is 0 Å². The fraction of sp³-hybridized carbons (Fsp3) is 0.300. The predicted octanol–water partition coefficient (Wildman–Crippen LogP) is 1.94. The van der Waals surface area contributed by atoms with Gasteiger partial charge in [0.25, 0.3) is 0 Å². The second kappa shape index (κ2) is 3.85. The molecule has 0 fully saturated rings. The molecule has 14 heavy (non-hydrogen) atoms. The van der Waals surface area contributed by atoms with Gasteiger partial charge in [0.15, 0.2) is 0 Å². The number of nitrogens with zero attached hydrogens (tertiary/aromatic N) is 1. The molecule has 0 atom stereocenters. The van der Waals surface area contributed by atoms with E-state index in [1.807, 2.05) is 12.1 Å². The Morgan fingerprint density at radius 2 is 2.14 bits per heavy atom. The normalized spacial score (nSPS) is 15.5. The summed E-state index contributed by atoms with van der Waals surface area (Å²) in [5, 5.41) is 0.793. The van der Waals surface area contributed by atoms with Crippen molar-refractivity contribution in [3.05, 3.63) is 34.3 Å². The topological polar surface area (TPSA) is 29.3 Å². The van der Waals surface area contributed by atoms with Gasteiger partial charge in [-0.05, 0) is 23.3 Å². The van der Waals surface area contributed by atoms with Gasteiger partial charge in [0.2, 0.25) is 0 Å². The minimum absolute atomic E-state index is 0.545. The number of thiocarbonyl (C=S) groups is 1. The maximum absolute atomic E-state index is 5.91. The van der Waals surface area contributed by atoms with Crippen LogP contribution in [0.5, 0.6) is 0 Å². The summed E-state index contributed by atoms with van der Waals surface area (Å²) in [6, 6.07) is 6.00. The van der Waals surface area contributed by atoms with Gasteiger partial charge in [-0.2, -0.15) is 0 Å². The molecular formula is C10H11ClN2S. The van der Waals surface area contributed by atoms with Gasteiger partial charge in [-0.25, -0.2) is 0 Å². The Morgan fingerprint density at radius 1 is 1.43 bits per heavy atom. The van der Waals surface area contributed by atoms with Crippen LogP contribution < -0.4 is 5.73 Å². The third kappa shape index (κ3) is 2.05. The number of hydrogen-bond acceptors (Lipinski definition) is 2. The van der Waals surface area contributed by atoms with Crippen LogP contribution in [0.4, 0.5) is 0 Å². The van der Waals surface area contributed by atoms with Crippen LogP contribution in [0.3, 0.4) is 0 Å². The molecule has 1 heterocycles. The Kier molecular flexibility index (Phi) is 2.72. The second-order valence-corrected chi connectivity index (χ2v) is 4.49. The lowest BCUT2D eigenvalue weighted by Gasteiger charge is -2.12. The zero-order valence-electron chi connectivity index (χ0n) is 7.66. The molecule has 1 aliphatic heterocycles. The Balaban J connectivity index is 2.14. The first-order valence-corrected chi connectivity index (χ1v) is 5.22. The standard InChI is InChI=1S/C10H11ClN2S/c11-9-2-1-7-4-13(6-10(12)14)5-8(7)3-9/h1-3H,4-6H2,(H2,12,14). The van der Waals surface area contributed by atoms with E-state index in [4.69, 9.17) is 29.6 Å². The maximum Gasteiger partial charge on any atom is 0.0870 e. The number of fused-ring (bicyclic) bond motifs is 1. The Labute approximate surface area is 93.6 Å². The minimum Gasteiger partial charge on any atom is -0.392 e. The van der Waals surface area contributed by atoms with Gasteiger partial charge in [-0.3, -0.25) is 4.90 Å². The van der Waals surface area contributed by atoms with Crippen molar-refractivity contribution in [2.24, 2.45) is 5.73 Å². The molecule has 1 aromatic carbocycles. The van der Waals surface area contributed by atoms with E-state index in [0.29, 0.717) is 11.5 Å². The van der Waals surface area contributed by atoms with Gasteiger partial charge < -0.3 is 5.73 Å². The number of benzene rings is 1. The van der Waals surface area contributed by atoms with Crippen LogP contribution >= 0.6 is 23.8 Å². The van der Waals surface area contributed by atoms with E-state index in [-0.39, 0.29) is 0 Å². The van der Waals surface area contributed by atoms with E-state index in [2.05, 4.69) is 11.0 Å².